The first kappa shape index (κ1) is 10.8. The highest BCUT2D eigenvalue weighted by Crippen LogP contribution is 2.31. The lowest BCUT2D eigenvalue weighted by Crippen LogP contribution is -2.00. The third-order valence-electron chi connectivity index (χ3n) is 1.96. The van der Waals surface area contributed by atoms with Gasteiger partial charge in [0.1, 0.15) is 5.75 Å². The van der Waals surface area contributed by atoms with Crippen molar-refractivity contribution in [1.29, 1.82) is 0 Å². The standard InChI is InChI=1S/C10H12FIO/c1-7(6-11)8-4-3-5-9(12)10(8)13-2/h3-5,7H,6H2,1-2H3. The van der Waals surface area contributed by atoms with Gasteiger partial charge in [-0.2, -0.15) is 0 Å². The number of para-hydroxylation sites is 1. The van der Waals surface area contributed by atoms with Gasteiger partial charge in [-0.25, -0.2) is 0 Å². The van der Waals surface area contributed by atoms with Crippen molar-refractivity contribution >= 4 is 22.6 Å². The van der Waals surface area contributed by atoms with Crippen molar-refractivity contribution in [3.05, 3.63) is 27.3 Å². The Labute approximate surface area is 91.4 Å². The van der Waals surface area contributed by atoms with E-state index in [-0.39, 0.29) is 12.6 Å². The van der Waals surface area contributed by atoms with Gasteiger partial charge in [-0.1, -0.05) is 19.1 Å². The fraction of sp³-hybridized carbons (Fsp3) is 0.400. The summed E-state index contributed by atoms with van der Waals surface area (Å²) in [6.07, 6.45) is 0. The minimum absolute atomic E-state index is 0.0929. The van der Waals surface area contributed by atoms with Gasteiger partial charge in [0.05, 0.1) is 17.4 Å². The Morgan fingerprint density at radius 1 is 1.54 bits per heavy atom. The van der Waals surface area contributed by atoms with E-state index in [1.807, 2.05) is 25.1 Å². The van der Waals surface area contributed by atoms with Crippen LogP contribution in [-0.2, 0) is 0 Å². The van der Waals surface area contributed by atoms with Gasteiger partial charge in [-0.3, -0.25) is 4.39 Å². The second-order valence-corrected chi connectivity index (χ2v) is 4.08. The number of rotatable bonds is 3. The summed E-state index contributed by atoms with van der Waals surface area (Å²) in [5.41, 5.74) is 0.942. The van der Waals surface area contributed by atoms with E-state index in [0.717, 1.165) is 14.9 Å². The summed E-state index contributed by atoms with van der Waals surface area (Å²) in [6.45, 7) is 1.50. The molecule has 0 aliphatic carbocycles. The zero-order valence-electron chi connectivity index (χ0n) is 7.68. The van der Waals surface area contributed by atoms with Crippen LogP contribution in [0.4, 0.5) is 4.39 Å². The Bertz CT molecular complexity index is 288. The molecule has 0 heterocycles. The van der Waals surface area contributed by atoms with Crippen molar-refractivity contribution in [2.24, 2.45) is 0 Å². The maximum atomic E-state index is 12.5. The summed E-state index contributed by atoms with van der Waals surface area (Å²) >= 11 is 2.19. The van der Waals surface area contributed by atoms with Crippen LogP contribution in [0.3, 0.4) is 0 Å². The fourth-order valence-corrected chi connectivity index (χ4v) is 1.95. The van der Waals surface area contributed by atoms with Crippen LogP contribution in [0.2, 0.25) is 0 Å². The van der Waals surface area contributed by atoms with E-state index in [1.54, 1.807) is 7.11 Å². The molecule has 1 unspecified atom stereocenters. The molecule has 1 atom stereocenters. The number of benzene rings is 1. The highest BCUT2D eigenvalue weighted by molar-refractivity contribution is 14.1. The van der Waals surface area contributed by atoms with Crippen LogP contribution in [0.15, 0.2) is 18.2 Å². The van der Waals surface area contributed by atoms with E-state index >= 15 is 0 Å². The number of methoxy groups -OCH3 is 1. The lowest BCUT2D eigenvalue weighted by molar-refractivity contribution is 0.390. The number of hydrogen-bond donors (Lipinski definition) is 0. The molecule has 0 saturated carbocycles. The van der Waals surface area contributed by atoms with E-state index in [4.69, 9.17) is 4.74 Å². The van der Waals surface area contributed by atoms with Crippen LogP contribution in [0.5, 0.6) is 5.75 Å². The molecule has 0 spiro atoms. The quantitative estimate of drug-likeness (QED) is 0.777. The zero-order chi connectivity index (χ0) is 9.84. The Morgan fingerprint density at radius 3 is 2.77 bits per heavy atom. The van der Waals surface area contributed by atoms with Crippen LogP contribution >= 0.6 is 22.6 Å². The second kappa shape index (κ2) is 4.79. The maximum Gasteiger partial charge on any atom is 0.135 e. The fourth-order valence-electron chi connectivity index (χ4n) is 1.21. The molecule has 0 aliphatic heterocycles. The smallest absolute Gasteiger partial charge is 0.135 e. The summed E-state index contributed by atoms with van der Waals surface area (Å²) in [4.78, 5) is 0. The molecular formula is C10H12FIO. The minimum atomic E-state index is -0.351. The van der Waals surface area contributed by atoms with Crippen LogP contribution in [0.25, 0.3) is 0 Å². The number of halogens is 2. The summed E-state index contributed by atoms with van der Waals surface area (Å²) < 4.78 is 18.7. The molecule has 1 nitrogen and oxygen atoms in total. The van der Waals surface area contributed by atoms with Gasteiger partial charge in [-0.15, -0.1) is 0 Å². The molecule has 0 aliphatic rings. The van der Waals surface area contributed by atoms with Gasteiger partial charge < -0.3 is 4.74 Å². The Morgan fingerprint density at radius 2 is 2.23 bits per heavy atom. The first-order valence-corrected chi connectivity index (χ1v) is 5.17. The number of alkyl halides is 1. The van der Waals surface area contributed by atoms with Crippen LogP contribution in [-0.4, -0.2) is 13.8 Å². The molecule has 0 fully saturated rings. The largest absolute Gasteiger partial charge is 0.495 e. The molecule has 1 aromatic carbocycles. The third kappa shape index (κ3) is 2.33. The highest BCUT2D eigenvalue weighted by Gasteiger charge is 2.12. The predicted octanol–water partition coefficient (Wildman–Crippen LogP) is 3.37. The molecule has 0 N–H and O–H groups in total. The monoisotopic (exact) mass is 294 g/mol. The average molecular weight is 294 g/mol. The van der Waals surface area contributed by atoms with E-state index in [0.29, 0.717) is 0 Å². The molecule has 0 radical (unpaired) electrons. The molecule has 1 rings (SSSR count). The SMILES string of the molecule is COc1c(I)cccc1C(C)CF. The molecular weight excluding hydrogens is 282 g/mol. The van der Waals surface area contributed by atoms with Gasteiger partial charge in [0.15, 0.2) is 0 Å². The molecule has 0 amide bonds. The molecule has 0 aromatic heterocycles. The van der Waals surface area contributed by atoms with Gasteiger partial charge in [-0.05, 0) is 28.7 Å². The number of hydrogen-bond acceptors (Lipinski definition) is 1. The first-order chi connectivity index (χ1) is 6.20. The summed E-state index contributed by atoms with van der Waals surface area (Å²) in [6, 6.07) is 5.78. The highest BCUT2D eigenvalue weighted by atomic mass is 127. The lowest BCUT2D eigenvalue weighted by atomic mass is 10.0. The van der Waals surface area contributed by atoms with Crippen molar-refractivity contribution in [3.63, 3.8) is 0 Å². The molecule has 3 heteroatoms. The summed E-state index contributed by atoms with van der Waals surface area (Å²) in [7, 11) is 1.62. The van der Waals surface area contributed by atoms with Crippen molar-refractivity contribution < 1.29 is 9.13 Å². The molecule has 0 bridgehead atoms. The van der Waals surface area contributed by atoms with Crippen LogP contribution < -0.4 is 4.74 Å². The normalized spacial score (nSPS) is 12.6. The van der Waals surface area contributed by atoms with Crippen molar-refractivity contribution in [3.8, 4) is 5.75 Å². The zero-order valence-corrected chi connectivity index (χ0v) is 9.84. The Hall–Kier alpha value is -0.320. The average Bonchev–Trinajstić information content (AvgIpc) is 2.16. The predicted molar refractivity (Wildman–Crippen MR) is 60.1 cm³/mol. The van der Waals surface area contributed by atoms with Gasteiger partial charge in [0, 0.05) is 11.5 Å². The van der Waals surface area contributed by atoms with Crippen LogP contribution in [0.1, 0.15) is 18.4 Å². The van der Waals surface area contributed by atoms with E-state index < -0.39 is 0 Å². The number of ether oxygens (including phenoxy) is 1. The van der Waals surface area contributed by atoms with E-state index in [1.165, 1.54) is 0 Å². The lowest BCUT2D eigenvalue weighted by Gasteiger charge is -2.13. The molecule has 1 aromatic rings. The second-order valence-electron chi connectivity index (χ2n) is 2.92. The van der Waals surface area contributed by atoms with E-state index in [2.05, 4.69) is 22.6 Å². The van der Waals surface area contributed by atoms with Crippen molar-refractivity contribution in [1.82, 2.24) is 0 Å². The van der Waals surface area contributed by atoms with Crippen molar-refractivity contribution in [2.45, 2.75) is 12.8 Å². The molecule has 72 valence electrons. The Balaban J connectivity index is 3.12. The first-order valence-electron chi connectivity index (χ1n) is 4.09. The van der Waals surface area contributed by atoms with Gasteiger partial charge >= 0.3 is 0 Å². The van der Waals surface area contributed by atoms with E-state index in [9.17, 15) is 4.39 Å². The van der Waals surface area contributed by atoms with Gasteiger partial charge in [0.25, 0.3) is 0 Å². The Kier molecular flexibility index (Phi) is 3.96. The topological polar surface area (TPSA) is 9.23 Å². The molecule has 13 heavy (non-hydrogen) atoms. The van der Waals surface area contributed by atoms with Gasteiger partial charge in [0.2, 0.25) is 0 Å². The van der Waals surface area contributed by atoms with Crippen LogP contribution in [0, 0.1) is 3.57 Å². The maximum absolute atomic E-state index is 12.5. The summed E-state index contributed by atoms with van der Waals surface area (Å²) in [5, 5.41) is 0. The van der Waals surface area contributed by atoms with Crippen molar-refractivity contribution in [2.75, 3.05) is 13.8 Å². The molecule has 0 saturated heterocycles. The summed E-state index contributed by atoms with van der Waals surface area (Å²) in [5.74, 6) is 0.706. The third-order valence-corrected chi connectivity index (χ3v) is 2.81. The minimum Gasteiger partial charge on any atom is -0.495 e.